The zero-order valence-corrected chi connectivity index (χ0v) is 7.28. The molecule has 0 saturated carbocycles. The predicted molar refractivity (Wildman–Crippen MR) is 39.1 cm³/mol. The molecule has 0 rings (SSSR count). The van der Waals surface area contributed by atoms with Crippen LogP contribution in [0.3, 0.4) is 0 Å². The number of hydrogen-bond donors (Lipinski definition) is 0. The van der Waals surface area contributed by atoms with Crippen LogP contribution in [0.25, 0.3) is 0 Å². The lowest BCUT2D eigenvalue weighted by atomic mass is 10.3. The highest BCUT2D eigenvalue weighted by molar-refractivity contribution is 6.35. The van der Waals surface area contributed by atoms with Gasteiger partial charge in [0.2, 0.25) is 6.43 Å². The van der Waals surface area contributed by atoms with Gasteiger partial charge in [0.25, 0.3) is 0 Å². The van der Waals surface area contributed by atoms with Crippen molar-refractivity contribution in [1.29, 1.82) is 0 Å². The van der Waals surface area contributed by atoms with Crippen molar-refractivity contribution in [2.75, 3.05) is 0 Å². The number of rotatable bonds is 5. The Labute approximate surface area is 57.5 Å². The van der Waals surface area contributed by atoms with Crippen LogP contribution in [0.2, 0.25) is 12.1 Å². The lowest BCUT2D eigenvalue weighted by Crippen LogP contribution is -1.92. The second-order valence-electron chi connectivity index (χ2n) is 2.24. The summed E-state index contributed by atoms with van der Waals surface area (Å²) < 4.78 is 23.0. The van der Waals surface area contributed by atoms with Crippen LogP contribution in [0.4, 0.5) is 8.78 Å². The van der Waals surface area contributed by atoms with Gasteiger partial charge in [0.1, 0.15) is 0 Å². The second kappa shape index (κ2) is 6.20. The van der Waals surface area contributed by atoms with Gasteiger partial charge in [-0.1, -0.05) is 25.4 Å². The van der Waals surface area contributed by atoms with Crippen molar-refractivity contribution in [2.24, 2.45) is 0 Å². The summed E-state index contributed by atoms with van der Waals surface area (Å²) in [6, 6.07) is 2.35. The molecule has 0 atom stereocenters. The van der Waals surface area contributed by atoms with E-state index in [2.05, 4.69) is 6.92 Å². The Balaban J connectivity index is 2.75. The van der Waals surface area contributed by atoms with E-state index in [1.807, 2.05) is 0 Å². The quantitative estimate of drug-likeness (QED) is 0.418. The fraction of sp³-hybridized carbons (Fsp3) is 1.00. The Morgan fingerprint density at radius 1 is 1.44 bits per heavy atom. The van der Waals surface area contributed by atoms with Crippen LogP contribution in [0, 0.1) is 0 Å². The van der Waals surface area contributed by atoms with E-state index >= 15 is 0 Å². The molecule has 0 bridgehead atoms. The molecule has 56 valence electrons. The van der Waals surface area contributed by atoms with Gasteiger partial charge in [0.15, 0.2) is 0 Å². The first kappa shape index (κ1) is 9.08. The molecule has 0 aliphatic rings. The topological polar surface area (TPSA) is 0 Å². The third-order valence-electron chi connectivity index (χ3n) is 1.28. The van der Waals surface area contributed by atoms with E-state index in [4.69, 9.17) is 0 Å². The Morgan fingerprint density at radius 2 is 2.11 bits per heavy atom. The third-order valence-corrected chi connectivity index (χ3v) is 2.98. The molecule has 3 heteroatoms. The van der Waals surface area contributed by atoms with E-state index in [1.165, 1.54) is 6.04 Å². The fourth-order valence-electron chi connectivity index (χ4n) is 0.725. The lowest BCUT2D eigenvalue weighted by molar-refractivity contribution is 0.136. The second-order valence-corrected chi connectivity index (χ2v) is 4.65. The molecule has 0 aromatic heterocycles. The first-order valence-electron chi connectivity index (χ1n) is 3.55. The normalized spacial score (nSPS) is 12.0. The van der Waals surface area contributed by atoms with Crippen LogP contribution in [0.1, 0.15) is 19.8 Å². The van der Waals surface area contributed by atoms with Crippen LogP contribution in [0.15, 0.2) is 0 Å². The summed E-state index contributed by atoms with van der Waals surface area (Å²) in [5.41, 5.74) is 0. The molecular formula is C6H14F2Si. The van der Waals surface area contributed by atoms with E-state index in [9.17, 15) is 8.78 Å². The van der Waals surface area contributed by atoms with Crippen LogP contribution in [-0.2, 0) is 0 Å². The average Bonchev–Trinajstić information content (AvgIpc) is 1.80. The number of hydrogen-bond acceptors (Lipinski definition) is 0. The van der Waals surface area contributed by atoms with Crippen molar-refractivity contribution < 1.29 is 8.78 Å². The Bertz CT molecular complexity index is 57.0. The van der Waals surface area contributed by atoms with Gasteiger partial charge >= 0.3 is 0 Å². The van der Waals surface area contributed by atoms with E-state index < -0.39 is 6.43 Å². The van der Waals surface area contributed by atoms with Crippen molar-refractivity contribution in [1.82, 2.24) is 0 Å². The Morgan fingerprint density at radius 3 is 2.56 bits per heavy atom. The minimum absolute atomic E-state index is 0.0454. The van der Waals surface area contributed by atoms with Gasteiger partial charge in [-0.15, -0.1) is 0 Å². The molecule has 0 aromatic rings. The van der Waals surface area contributed by atoms with Crippen LogP contribution in [-0.4, -0.2) is 15.9 Å². The Kier molecular flexibility index (Phi) is 6.25. The Hall–Kier alpha value is 0.0769. The molecule has 0 aromatic carbocycles. The zero-order chi connectivity index (χ0) is 7.11. The maximum atomic E-state index is 11.5. The summed E-state index contributed by atoms with van der Waals surface area (Å²) >= 11 is 0. The largest absolute Gasteiger partial charge is 0.238 e. The molecule has 0 radical (unpaired) electrons. The maximum absolute atomic E-state index is 11.5. The van der Waals surface area contributed by atoms with Gasteiger partial charge < -0.3 is 0 Å². The highest BCUT2D eigenvalue weighted by Crippen LogP contribution is 2.05. The summed E-state index contributed by atoms with van der Waals surface area (Å²) in [7, 11) is 0.0454. The minimum Gasteiger partial charge on any atom is -0.211 e. The molecule has 9 heavy (non-hydrogen) atoms. The average molecular weight is 152 g/mol. The molecule has 0 fully saturated rings. The molecule has 0 aliphatic carbocycles. The smallest absolute Gasteiger partial charge is 0.211 e. The summed E-state index contributed by atoms with van der Waals surface area (Å²) in [4.78, 5) is 0. The molecule has 0 spiro atoms. The monoisotopic (exact) mass is 152 g/mol. The maximum Gasteiger partial charge on any atom is 0.238 e. The predicted octanol–water partition coefficient (Wildman–Crippen LogP) is 2.06. The third kappa shape index (κ3) is 8.08. The van der Waals surface area contributed by atoms with Crippen molar-refractivity contribution in [2.45, 2.75) is 38.3 Å². The van der Waals surface area contributed by atoms with Gasteiger partial charge in [-0.3, -0.25) is 0 Å². The van der Waals surface area contributed by atoms with E-state index in [0.717, 1.165) is 12.5 Å². The van der Waals surface area contributed by atoms with E-state index in [0.29, 0.717) is 0 Å². The fourth-order valence-corrected chi connectivity index (χ4v) is 1.87. The van der Waals surface area contributed by atoms with Gasteiger partial charge in [0, 0.05) is 15.9 Å². The van der Waals surface area contributed by atoms with Crippen molar-refractivity contribution in [3.63, 3.8) is 0 Å². The SMILES string of the molecule is CC[SiH2]CCCC(F)F. The van der Waals surface area contributed by atoms with Gasteiger partial charge in [-0.05, 0) is 0 Å². The van der Waals surface area contributed by atoms with E-state index in [1.54, 1.807) is 0 Å². The molecule has 0 saturated heterocycles. The summed E-state index contributed by atoms with van der Waals surface area (Å²) in [6.45, 7) is 2.13. The molecule has 0 amide bonds. The van der Waals surface area contributed by atoms with Crippen LogP contribution >= 0.6 is 0 Å². The van der Waals surface area contributed by atoms with E-state index in [-0.39, 0.29) is 15.9 Å². The van der Waals surface area contributed by atoms with Crippen molar-refractivity contribution >= 4 is 9.52 Å². The van der Waals surface area contributed by atoms with Gasteiger partial charge in [-0.25, -0.2) is 8.78 Å². The number of halogens is 2. The van der Waals surface area contributed by atoms with Crippen molar-refractivity contribution in [3.05, 3.63) is 0 Å². The standard InChI is InChI=1S/C6H14F2Si/c1-2-9-5-3-4-6(7)8/h6H,2-5,9H2,1H3. The van der Waals surface area contributed by atoms with Crippen LogP contribution in [0.5, 0.6) is 0 Å². The first-order chi connectivity index (χ1) is 4.27. The van der Waals surface area contributed by atoms with Gasteiger partial charge in [0.05, 0.1) is 0 Å². The first-order valence-corrected chi connectivity index (χ1v) is 5.55. The van der Waals surface area contributed by atoms with Gasteiger partial charge in [-0.2, -0.15) is 0 Å². The highest BCUT2D eigenvalue weighted by atomic mass is 28.2. The molecule has 0 heterocycles. The summed E-state index contributed by atoms with van der Waals surface area (Å²) in [5.74, 6) is 0. The zero-order valence-electron chi connectivity index (χ0n) is 5.87. The molecule has 0 N–H and O–H groups in total. The lowest BCUT2D eigenvalue weighted by Gasteiger charge is -1.96. The molecule has 0 aliphatic heterocycles. The van der Waals surface area contributed by atoms with Crippen molar-refractivity contribution in [3.8, 4) is 0 Å². The highest BCUT2D eigenvalue weighted by Gasteiger charge is 1.99. The molecule has 0 nitrogen and oxygen atoms in total. The minimum atomic E-state index is -2.07. The van der Waals surface area contributed by atoms with Crippen LogP contribution < -0.4 is 0 Å². The summed E-state index contributed by atoms with van der Waals surface area (Å²) in [6.07, 6.45) is -1.21. The molecular weight excluding hydrogens is 138 g/mol. The summed E-state index contributed by atoms with van der Waals surface area (Å²) in [5, 5.41) is 0. The molecule has 0 unspecified atom stereocenters. The number of alkyl halides is 2.